The van der Waals surface area contributed by atoms with Crippen molar-refractivity contribution in [1.82, 2.24) is 4.90 Å². The number of carbonyl (C=O) groups excluding carboxylic acids is 1. The molecule has 2 aliphatic rings. The van der Waals surface area contributed by atoms with Crippen molar-refractivity contribution in [3.8, 4) is 17.2 Å². The van der Waals surface area contributed by atoms with Crippen LogP contribution >= 0.6 is 11.8 Å². The number of hydrogen-bond donors (Lipinski definition) is 0. The predicted octanol–water partition coefficient (Wildman–Crippen LogP) is 6.12. The number of thioether (sulfide) groups is 1. The third kappa shape index (κ3) is 5.50. The number of aliphatic imine (C=N–C) groups is 1. The van der Waals surface area contributed by atoms with Gasteiger partial charge in [-0.2, -0.15) is 0 Å². The van der Waals surface area contributed by atoms with Gasteiger partial charge >= 0.3 is 0 Å². The minimum absolute atomic E-state index is 0.106. The summed E-state index contributed by atoms with van der Waals surface area (Å²) in [7, 11) is 4.97. The van der Waals surface area contributed by atoms with E-state index in [4.69, 9.17) is 19.2 Å². The average molecular weight is 530 g/mol. The minimum atomic E-state index is -0.106. The highest BCUT2D eigenvalue weighted by Crippen LogP contribution is 2.41. The zero-order valence-corrected chi connectivity index (χ0v) is 22.7. The first-order valence-corrected chi connectivity index (χ1v) is 13.4. The van der Waals surface area contributed by atoms with E-state index in [2.05, 4.69) is 4.90 Å². The first-order chi connectivity index (χ1) is 18.6. The molecule has 7 nitrogen and oxygen atoms in total. The molecule has 2 aliphatic heterocycles. The topological polar surface area (TPSA) is 63.6 Å². The summed E-state index contributed by atoms with van der Waals surface area (Å²) in [5.41, 5.74) is 3.57. The number of ether oxygens (including phenoxy) is 3. The van der Waals surface area contributed by atoms with E-state index in [9.17, 15) is 4.79 Å². The Morgan fingerprint density at radius 3 is 2.26 bits per heavy atom. The van der Waals surface area contributed by atoms with Gasteiger partial charge in [-0.1, -0.05) is 30.3 Å². The molecule has 2 saturated heterocycles. The summed E-state index contributed by atoms with van der Waals surface area (Å²) in [6, 6.07) is 21.3. The average Bonchev–Trinajstić information content (AvgIpc) is 3.59. The maximum atomic E-state index is 13.7. The number of rotatable bonds is 8. The van der Waals surface area contributed by atoms with Crippen LogP contribution in [0.5, 0.6) is 17.2 Å². The van der Waals surface area contributed by atoms with Gasteiger partial charge in [0, 0.05) is 24.7 Å². The molecule has 2 heterocycles. The van der Waals surface area contributed by atoms with Crippen LogP contribution in [0.2, 0.25) is 0 Å². The molecule has 5 rings (SSSR count). The zero-order valence-electron chi connectivity index (χ0n) is 21.8. The second kappa shape index (κ2) is 11.6. The molecular weight excluding hydrogens is 498 g/mol. The van der Waals surface area contributed by atoms with E-state index in [1.165, 1.54) is 11.8 Å². The lowest BCUT2D eigenvalue weighted by Crippen LogP contribution is -2.28. The van der Waals surface area contributed by atoms with E-state index < -0.39 is 0 Å². The van der Waals surface area contributed by atoms with Gasteiger partial charge in [-0.3, -0.25) is 9.69 Å². The van der Waals surface area contributed by atoms with E-state index in [-0.39, 0.29) is 5.91 Å². The van der Waals surface area contributed by atoms with Crippen molar-refractivity contribution in [2.24, 2.45) is 4.99 Å². The highest BCUT2D eigenvalue weighted by atomic mass is 32.2. The Balaban J connectivity index is 1.51. The van der Waals surface area contributed by atoms with Crippen LogP contribution in [0.15, 0.2) is 76.6 Å². The minimum Gasteiger partial charge on any atom is -0.497 e. The maximum absolute atomic E-state index is 13.7. The molecule has 0 atom stereocenters. The van der Waals surface area contributed by atoms with E-state index in [0.717, 1.165) is 59.9 Å². The second-order valence-corrected chi connectivity index (χ2v) is 10.0. The van der Waals surface area contributed by atoms with Gasteiger partial charge in [0.05, 0.1) is 44.2 Å². The zero-order chi connectivity index (χ0) is 26.5. The van der Waals surface area contributed by atoms with Crippen LogP contribution in [0.25, 0.3) is 6.08 Å². The number of hydrogen-bond acceptors (Lipinski definition) is 7. The van der Waals surface area contributed by atoms with Crippen LogP contribution in [0, 0.1) is 0 Å². The van der Waals surface area contributed by atoms with E-state index in [0.29, 0.717) is 22.4 Å². The Morgan fingerprint density at radius 2 is 1.61 bits per heavy atom. The van der Waals surface area contributed by atoms with E-state index >= 15 is 0 Å². The molecule has 3 aromatic rings. The SMILES string of the molecule is COc1ccc(CN2C(=O)/C(=C/c3cc(OC)c(N4CCCC4)cc3OC)SC2=Nc2ccccc2)cc1. The molecule has 2 fully saturated rings. The molecule has 3 aromatic carbocycles. The van der Waals surface area contributed by atoms with Crippen molar-refractivity contribution in [3.05, 3.63) is 82.8 Å². The number of methoxy groups -OCH3 is 3. The molecule has 8 heteroatoms. The number of benzene rings is 3. The highest BCUT2D eigenvalue weighted by molar-refractivity contribution is 8.18. The van der Waals surface area contributed by atoms with Crippen LogP contribution in [0.4, 0.5) is 11.4 Å². The van der Waals surface area contributed by atoms with Gasteiger partial charge in [-0.25, -0.2) is 4.99 Å². The van der Waals surface area contributed by atoms with E-state index in [1.807, 2.05) is 72.8 Å². The predicted molar refractivity (Wildman–Crippen MR) is 154 cm³/mol. The van der Waals surface area contributed by atoms with Gasteiger partial charge in [0.25, 0.3) is 5.91 Å². The van der Waals surface area contributed by atoms with Gasteiger partial charge in [-0.15, -0.1) is 0 Å². The van der Waals surface area contributed by atoms with Crippen LogP contribution in [-0.4, -0.2) is 50.4 Å². The first kappa shape index (κ1) is 25.7. The van der Waals surface area contributed by atoms with Crippen LogP contribution in [0.3, 0.4) is 0 Å². The summed E-state index contributed by atoms with van der Waals surface area (Å²) in [4.78, 5) is 23.1. The molecule has 0 aliphatic carbocycles. The Labute approximate surface area is 227 Å². The number of carbonyl (C=O) groups is 1. The molecule has 0 aromatic heterocycles. The Morgan fingerprint density at radius 1 is 0.895 bits per heavy atom. The standard InChI is InChI=1S/C30H31N3O4S/c1-35-24-13-11-21(12-14-24)20-33-29(34)28(38-30(33)31-23-9-5-4-6-10-23)18-22-17-27(37-3)25(19-26(22)36-2)32-15-7-8-16-32/h4-6,9-14,17-19H,7-8,15-16,20H2,1-3H3/b28-18-,31-30?. The molecule has 0 radical (unpaired) electrons. The molecule has 196 valence electrons. The van der Waals surface area contributed by atoms with Crippen molar-refractivity contribution < 1.29 is 19.0 Å². The smallest absolute Gasteiger partial charge is 0.267 e. The van der Waals surface area contributed by atoms with Crippen LogP contribution in [-0.2, 0) is 11.3 Å². The molecular formula is C30H31N3O4S. The van der Waals surface area contributed by atoms with Gasteiger partial charge in [0.15, 0.2) is 5.17 Å². The lowest BCUT2D eigenvalue weighted by molar-refractivity contribution is -0.122. The largest absolute Gasteiger partial charge is 0.497 e. The number of nitrogens with zero attached hydrogens (tertiary/aromatic N) is 3. The quantitative estimate of drug-likeness (QED) is 0.328. The third-order valence-electron chi connectivity index (χ3n) is 6.63. The third-order valence-corrected chi connectivity index (χ3v) is 7.64. The summed E-state index contributed by atoms with van der Waals surface area (Å²) in [6.07, 6.45) is 4.20. The fraction of sp³-hybridized carbons (Fsp3) is 0.267. The number of amides is 1. The summed E-state index contributed by atoms with van der Waals surface area (Å²) in [6.45, 7) is 2.38. The van der Waals surface area contributed by atoms with Gasteiger partial charge in [0.2, 0.25) is 0 Å². The fourth-order valence-corrected chi connectivity index (χ4v) is 5.61. The van der Waals surface area contributed by atoms with Crippen LogP contribution in [0.1, 0.15) is 24.0 Å². The summed E-state index contributed by atoms with van der Waals surface area (Å²) in [5, 5.41) is 0.628. The Hall–Kier alpha value is -3.91. The lowest BCUT2D eigenvalue weighted by atomic mass is 10.1. The van der Waals surface area contributed by atoms with Crippen molar-refractivity contribution in [2.75, 3.05) is 39.3 Å². The second-order valence-electron chi connectivity index (χ2n) is 9.04. The molecule has 0 N–H and O–H groups in total. The number of para-hydroxylation sites is 1. The highest BCUT2D eigenvalue weighted by Gasteiger charge is 2.34. The summed E-state index contributed by atoms with van der Waals surface area (Å²) < 4.78 is 16.8. The van der Waals surface area contributed by atoms with Gasteiger partial charge < -0.3 is 19.1 Å². The van der Waals surface area contributed by atoms with Gasteiger partial charge in [-0.05, 0) is 66.6 Å². The normalized spacial score (nSPS) is 17.5. The lowest BCUT2D eigenvalue weighted by Gasteiger charge is -2.22. The van der Waals surface area contributed by atoms with Gasteiger partial charge in [0.1, 0.15) is 17.2 Å². The van der Waals surface area contributed by atoms with Crippen molar-refractivity contribution in [2.45, 2.75) is 19.4 Å². The fourth-order valence-electron chi connectivity index (χ4n) is 4.62. The molecule has 1 amide bonds. The molecule has 0 saturated carbocycles. The molecule has 0 unspecified atom stereocenters. The Kier molecular flexibility index (Phi) is 7.89. The van der Waals surface area contributed by atoms with Crippen LogP contribution < -0.4 is 19.1 Å². The van der Waals surface area contributed by atoms with Crippen molar-refractivity contribution >= 4 is 40.3 Å². The van der Waals surface area contributed by atoms with E-state index in [1.54, 1.807) is 26.2 Å². The Bertz CT molecular complexity index is 1350. The maximum Gasteiger partial charge on any atom is 0.267 e. The molecule has 0 spiro atoms. The molecule has 0 bridgehead atoms. The monoisotopic (exact) mass is 529 g/mol. The summed E-state index contributed by atoms with van der Waals surface area (Å²) >= 11 is 1.36. The first-order valence-electron chi connectivity index (χ1n) is 12.6. The van der Waals surface area contributed by atoms with Crippen molar-refractivity contribution in [3.63, 3.8) is 0 Å². The number of anilines is 1. The molecule has 38 heavy (non-hydrogen) atoms. The number of amidine groups is 1. The summed E-state index contributed by atoms with van der Waals surface area (Å²) in [5.74, 6) is 2.13. The van der Waals surface area contributed by atoms with Crippen molar-refractivity contribution in [1.29, 1.82) is 0 Å².